The van der Waals surface area contributed by atoms with E-state index in [1.165, 1.54) is 12.8 Å². The third-order valence-electron chi connectivity index (χ3n) is 3.85. The lowest BCUT2D eigenvalue weighted by atomic mass is 9.93. The fraction of sp³-hybridized carbons (Fsp3) is 0.909. The van der Waals surface area contributed by atoms with Gasteiger partial charge in [0.05, 0.1) is 0 Å². The Bertz CT molecular complexity index is 232. The van der Waals surface area contributed by atoms with E-state index in [1.807, 2.05) is 0 Å². The van der Waals surface area contributed by atoms with E-state index in [0.29, 0.717) is 0 Å². The summed E-state index contributed by atoms with van der Waals surface area (Å²) in [6.45, 7) is 4.46. The molecule has 0 bridgehead atoms. The molecule has 0 saturated carbocycles. The predicted octanol–water partition coefficient (Wildman–Crippen LogP) is 0.318. The zero-order valence-corrected chi connectivity index (χ0v) is 9.74. The number of nitrogens with zero attached hydrogens (tertiary/aromatic N) is 1. The number of nitrogens with two attached hydrogens (primary N) is 1. The third kappa shape index (κ3) is 2.72. The van der Waals surface area contributed by atoms with Gasteiger partial charge in [0, 0.05) is 12.0 Å². The summed E-state index contributed by atoms with van der Waals surface area (Å²) in [6, 6.07) is 0.746. The van der Waals surface area contributed by atoms with Crippen molar-refractivity contribution in [3.05, 3.63) is 0 Å². The molecule has 0 amide bonds. The van der Waals surface area contributed by atoms with Crippen LogP contribution in [0.15, 0.2) is 0 Å². The van der Waals surface area contributed by atoms with E-state index in [9.17, 15) is 0 Å². The van der Waals surface area contributed by atoms with Crippen LogP contribution in [0.5, 0.6) is 0 Å². The molecule has 0 aromatic carbocycles. The van der Waals surface area contributed by atoms with Crippen molar-refractivity contribution in [3.8, 4) is 0 Å². The van der Waals surface area contributed by atoms with E-state index in [0.717, 1.165) is 45.1 Å². The second kappa shape index (κ2) is 5.61. The van der Waals surface area contributed by atoms with E-state index < -0.39 is 0 Å². The summed E-state index contributed by atoms with van der Waals surface area (Å²) in [6.07, 6.45) is 4.55. The number of piperidine rings is 2. The number of likely N-dealkylation sites (tertiary alicyclic amines) is 1. The van der Waals surface area contributed by atoms with Gasteiger partial charge in [-0.2, -0.15) is 5.90 Å². The molecule has 0 radical (unpaired) electrons. The predicted molar refractivity (Wildman–Crippen MR) is 63.2 cm³/mol. The largest absolute Gasteiger partial charge is 0.396 e. The molecule has 4 N–H and O–H groups in total. The molecule has 92 valence electrons. The van der Waals surface area contributed by atoms with E-state index in [1.54, 1.807) is 0 Å². The molecule has 0 aliphatic carbocycles. The third-order valence-corrected chi connectivity index (χ3v) is 3.85. The lowest BCUT2D eigenvalue weighted by Gasteiger charge is -2.39. The Kier molecular flexibility index (Phi) is 4.15. The van der Waals surface area contributed by atoms with Gasteiger partial charge in [0.15, 0.2) is 0 Å². The van der Waals surface area contributed by atoms with E-state index in [4.69, 9.17) is 11.3 Å². The highest BCUT2D eigenvalue weighted by molar-refractivity contribution is 5.75. The average molecular weight is 226 g/mol. The normalized spacial score (nSPS) is 25.6. The second-order valence-electron chi connectivity index (χ2n) is 4.77. The molecule has 16 heavy (non-hydrogen) atoms. The highest BCUT2D eigenvalue weighted by Gasteiger charge is 2.28. The maximum Gasteiger partial charge on any atom is 0.209 e. The summed E-state index contributed by atoms with van der Waals surface area (Å²) >= 11 is 0. The van der Waals surface area contributed by atoms with Gasteiger partial charge in [-0.05, 0) is 51.9 Å². The smallest absolute Gasteiger partial charge is 0.209 e. The summed E-state index contributed by atoms with van der Waals surface area (Å²) < 4.78 is 0. The highest BCUT2D eigenvalue weighted by Crippen LogP contribution is 2.22. The second-order valence-corrected chi connectivity index (χ2v) is 4.77. The van der Waals surface area contributed by atoms with Gasteiger partial charge in [-0.3, -0.25) is 5.41 Å². The minimum atomic E-state index is 0.239. The minimum Gasteiger partial charge on any atom is -0.396 e. The van der Waals surface area contributed by atoms with Crippen molar-refractivity contribution in [2.75, 3.05) is 26.2 Å². The molecule has 2 aliphatic rings. The zero-order chi connectivity index (χ0) is 11.4. The van der Waals surface area contributed by atoms with Gasteiger partial charge in [0.25, 0.3) is 0 Å². The first-order chi connectivity index (χ1) is 7.81. The van der Waals surface area contributed by atoms with Gasteiger partial charge >= 0.3 is 0 Å². The molecule has 2 heterocycles. The van der Waals surface area contributed by atoms with E-state index >= 15 is 0 Å². The summed E-state index contributed by atoms with van der Waals surface area (Å²) in [4.78, 5) is 7.10. The highest BCUT2D eigenvalue weighted by atomic mass is 16.6. The standard InChI is InChI=1S/C11H22N4O/c12-11(16-13)9-3-7-15(8-4-9)10-1-5-14-6-2-10/h9-10,12,14H,1-8,13H2. The van der Waals surface area contributed by atoms with Crippen LogP contribution in [0.4, 0.5) is 0 Å². The summed E-state index contributed by atoms with van der Waals surface area (Å²) in [5.74, 6) is 5.53. The Hall–Kier alpha value is -0.650. The van der Waals surface area contributed by atoms with E-state index in [-0.39, 0.29) is 11.8 Å². The van der Waals surface area contributed by atoms with Crippen LogP contribution in [0.1, 0.15) is 25.7 Å². The zero-order valence-electron chi connectivity index (χ0n) is 9.74. The number of hydrogen-bond acceptors (Lipinski definition) is 5. The van der Waals surface area contributed by atoms with Crippen LogP contribution in [0, 0.1) is 11.3 Å². The molecule has 2 fully saturated rings. The Labute approximate surface area is 96.8 Å². The lowest BCUT2D eigenvalue weighted by molar-refractivity contribution is 0.117. The SMILES string of the molecule is N=C(ON)C1CCN(C2CCNCC2)CC1. The van der Waals surface area contributed by atoms with Crippen LogP contribution in [-0.4, -0.2) is 43.0 Å². The van der Waals surface area contributed by atoms with Crippen molar-refractivity contribution in [2.45, 2.75) is 31.7 Å². The Morgan fingerprint density at radius 2 is 1.81 bits per heavy atom. The quantitative estimate of drug-likeness (QED) is 0.360. The first-order valence-electron chi connectivity index (χ1n) is 6.21. The molecule has 2 saturated heterocycles. The Morgan fingerprint density at radius 1 is 1.19 bits per heavy atom. The summed E-state index contributed by atoms with van der Waals surface area (Å²) in [5, 5.41) is 11.0. The fourth-order valence-electron chi connectivity index (χ4n) is 2.79. The van der Waals surface area contributed by atoms with Crippen LogP contribution in [0.2, 0.25) is 0 Å². The number of nitrogens with one attached hydrogen (secondary N) is 2. The molecular formula is C11H22N4O. The van der Waals surface area contributed by atoms with Crippen molar-refractivity contribution < 1.29 is 4.84 Å². The van der Waals surface area contributed by atoms with Crippen LogP contribution >= 0.6 is 0 Å². The van der Waals surface area contributed by atoms with Crippen molar-refractivity contribution >= 4 is 5.90 Å². The number of hydrogen-bond donors (Lipinski definition) is 3. The molecule has 5 heteroatoms. The van der Waals surface area contributed by atoms with Crippen molar-refractivity contribution in [1.82, 2.24) is 10.2 Å². The monoisotopic (exact) mass is 226 g/mol. The van der Waals surface area contributed by atoms with Gasteiger partial charge in [-0.25, -0.2) is 0 Å². The lowest BCUT2D eigenvalue weighted by Crippen LogP contribution is -2.47. The maximum absolute atomic E-state index is 7.57. The van der Waals surface area contributed by atoms with Gasteiger partial charge < -0.3 is 15.1 Å². The first kappa shape index (κ1) is 11.8. The molecule has 0 spiro atoms. The molecule has 0 aromatic heterocycles. The van der Waals surface area contributed by atoms with Gasteiger partial charge in [-0.15, -0.1) is 0 Å². The summed E-state index contributed by atoms with van der Waals surface area (Å²) in [7, 11) is 0. The maximum atomic E-state index is 7.57. The van der Waals surface area contributed by atoms with Crippen molar-refractivity contribution in [1.29, 1.82) is 5.41 Å². The number of rotatable bonds is 2. The molecule has 2 aliphatic heterocycles. The molecule has 0 aromatic rings. The minimum absolute atomic E-state index is 0.239. The van der Waals surface area contributed by atoms with Gasteiger partial charge in [0.2, 0.25) is 5.90 Å². The van der Waals surface area contributed by atoms with Crippen LogP contribution < -0.4 is 11.2 Å². The molecule has 0 atom stereocenters. The Balaban J connectivity index is 1.78. The average Bonchev–Trinajstić information content (AvgIpc) is 2.39. The van der Waals surface area contributed by atoms with Gasteiger partial charge in [-0.1, -0.05) is 0 Å². The van der Waals surface area contributed by atoms with Crippen LogP contribution in [-0.2, 0) is 4.84 Å². The van der Waals surface area contributed by atoms with Crippen LogP contribution in [0.25, 0.3) is 0 Å². The van der Waals surface area contributed by atoms with Crippen molar-refractivity contribution in [2.24, 2.45) is 11.8 Å². The Morgan fingerprint density at radius 3 is 2.38 bits per heavy atom. The first-order valence-corrected chi connectivity index (χ1v) is 6.21. The molecular weight excluding hydrogens is 204 g/mol. The molecule has 2 rings (SSSR count). The van der Waals surface area contributed by atoms with Crippen LogP contribution in [0.3, 0.4) is 0 Å². The molecule has 0 unspecified atom stereocenters. The van der Waals surface area contributed by atoms with Crippen molar-refractivity contribution in [3.63, 3.8) is 0 Å². The molecule has 5 nitrogen and oxygen atoms in total. The van der Waals surface area contributed by atoms with Gasteiger partial charge in [0.1, 0.15) is 0 Å². The van der Waals surface area contributed by atoms with E-state index in [2.05, 4.69) is 15.1 Å². The fourth-order valence-corrected chi connectivity index (χ4v) is 2.79. The summed E-state index contributed by atoms with van der Waals surface area (Å²) in [5.41, 5.74) is 0. The topological polar surface area (TPSA) is 74.4 Å².